The largest absolute Gasteiger partial charge is 0.480 e. The molecule has 0 saturated heterocycles. The highest BCUT2D eigenvalue weighted by Gasteiger charge is 2.39. The van der Waals surface area contributed by atoms with E-state index in [0.29, 0.717) is 30.1 Å². The summed E-state index contributed by atoms with van der Waals surface area (Å²) in [6.07, 6.45) is 1.61. The summed E-state index contributed by atoms with van der Waals surface area (Å²) in [5.41, 5.74) is 1.06. The summed E-state index contributed by atoms with van der Waals surface area (Å²) in [4.78, 5) is 36.4. The van der Waals surface area contributed by atoms with Gasteiger partial charge in [0.2, 0.25) is 5.91 Å². The van der Waals surface area contributed by atoms with Gasteiger partial charge in [0.15, 0.2) is 0 Å². The fourth-order valence-corrected chi connectivity index (χ4v) is 2.49. The Balaban J connectivity index is 2.00. The summed E-state index contributed by atoms with van der Waals surface area (Å²) in [6.45, 7) is 4.00. The summed E-state index contributed by atoms with van der Waals surface area (Å²) < 4.78 is 0. The molecule has 6 heteroatoms. The van der Waals surface area contributed by atoms with Gasteiger partial charge in [-0.15, -0.1) is 0 Å². The molecule has 1 aliphatic carbocycles. The van der Waals surface area contributed by atoms with Gasteiger partial charge in [0, 0.05) is 23.7 Å². The van der Waals surface area contributed by atoms with Gasteiger partial charge in [-0.25, -0.2) is 0 Å². The lowest BCUT2D eigenvalue weighted by atomic mass is 10.1. The lowest BCUT2D eigenvalue weighted by Gasteiger charge is -2.20. The van der Waals surface area contributed by atoms with E-state index >= 15 is 0 Å². The highest BCUT2D eigenvalue weighted by atomic mass is 16.4. The van der Waals surface area contributed by atoms with Crippen molar-refractivity contribution in [3.8, 4) is 0 Å². The predicted molar refractivity (Wildman–Crippen MR) is 86.2 cm³/mol. The Hall–Kier alpha value is -2.37. The molecule has 2 N–H and O–H groups in total. The number of hydrogen-bond donors (Lipinski definition) is 2. The second-order valence-corrected chi connectivity index (χ2v) is 6.01. The van der Waals surface area contributed by atoms with Crippen LogP contribution in [0, 0.1) is 11.8 Å². The van der Waals surface area contributed by atoms with Crippen LogP contribution < -0.4 is 5.32 Å². The Bertz CT molecular complexity index is 597. The van der Waals surface area contributed by atoms with E-state index in [1.54, 1.807) is 24.3 Å². The van der Waals surface area contributed by atoms with E-state index in [1.807, 2.05) is 13.8 Å². The zero-order chi connectivity index (χ0) is 17.0. The number of hydrogen-bond acceptors (Lipinski definition) is 3. The fraction of sp³-hybridized carbons (Fsp3) is 0.471. The number of anilines is 1. The number of amides is 2. The zero-order valence-electron chi connectivity index (χ0n) is 13.4. The minimum atomic E-state index is -1.03. The molecule has 2 atom stereocenters. The summed E-state index contributed by atoms with van der Waals surface area (Å²) in [5, 5.41) is 11.7. The van der Waals surface area contributed by atoms with Gasteiger partial charge >= 0.3 is 5.97 Å². The van der Waals surface area contributed by atoms with E-state index in [0.717, 1.165) is 6.42 Å². The first-order chi connectivity index (χ1) is 10.9. The van der Waals surface area contributed by atoms with Gasteiger partial charge in [0.1, 0.15) is 6.54 Å². The summed E-state index contributed by atoms with van der Waals surface area (Å²) in [5.74, 6) is -0.811. The monoisotopic (exact) mass is 318 g/mol. The molecular weight excluding hydrogens is 296 g/mol. The minimum Gasteiger partial charge on any atom is -0.480 e. The van der Waals surface area contributed by atoms with Crippen LogP contribution in [0.2, 0.25) is 0 Å². The first-order valence-corrected chi connectivity index (χ1v) is 7.84. The molecule has 0 bridgehead atoms. The van der Waals surface area contributed by atoms with Crippen molar-refractivity contribution in [2.75, 3.05) is 18.4 Å². The number of carbonyl (C=O) groups is 3. The number of nitrogens with one attached hydrogen (secondary N) is 1. The molecule has 0 spiro atoms. The van der Waals surface area contributed by atoms with Crippen LogP contribution in [0.4, 0.5) is 5.69 Å². The quantitative estimate of drug-likeness (QED) is 0.807. The average Bonchev–Trinajstić information content (AvgIpc) is 3.23. The normalized spacial score (nSPS) is 19.0. The van der Waals surface area contributed by atoms with Crippen molar-refractivity contribution in [2.24, 2.45) is 11.8 Å². The Kier molecular flexibility index (Phi) is 5.36. The van der Waals surface area contributed by atoms with Crippen LogP contribution in [-0.2, 0) is 9.59 Å². The number of carboxylic acids is 1. The highest BCUT2D eigenvalue weighted by molar-refractivity contribution is 5.97. The number of aliphatic carboxylic acids is 1. The Morgan fingerprint density at radius 2 is 1.87 bits per heavy atom. The Labute approximate surface area is 135 Å². The molecule has 0 unspecified atom stereocenters. The van der Waals surface area contributed by atoms with Gasteiger partial charge in [-0.3, -0.25) is 14.4 Å². The van der Waals surface area contributed by atoms with Crippen molar-refractivity contribution >= 4 is 23.5 Å². The van der Waals surface area contributed by atoms with Gasteiger partial charge in [-0.05, 0) is 43.0 Å². The summed E-state index contributed by atoms with van der Waals surface area (Å²) in [6, 6.07) is 6.56. The van der Waals surface area contributed by atoms with Gasteiger partial charge in [-0.1, -0.05) is 13.8 Å². The van der Waals surface area contributed by atoms with Gasteiger partial charge in [0.25, 0.3) is 5.91 Å². The molecule has 124 valence electrons. The van der Waals surface area contributed by atoms with Gasteiger partial charge in [-0.2, -0.15) is 0 Å². The first kappa shape index (κ1) is 17.0. The molecule has 1 aromatic carbocycles. The SMILES string of the molecule is CCCN(CC(=O)O)C(=O)c1ccc(NC(=O)[C@@H]2C[C@H]2C)cc1. The Morgan fingerprint density at radius 1 is 1.26 bits per heavy atom. The topological polar surface area (TPSA) is 86.7 Å². The molecule has 0 radical (unpaired) electrons. The average molecular weight is 318 g/mol. The molecule has 23 heavy (non-hydrogen) atoms. The van der Waals surface area contributed by atoms with Crippen molar-refractivity contribution in [3.63, 3.8) is 0 Å². The van der Waals surface area contributed by atoms with E-state index in [4.69, 9.17) is 5.11 Å². The maximum atomic E-state index is 12.3. The number of carbonyl (C=O) groups excluding carboxylic acids is 2. The maximum Gasteiger partial charge on any atom is 0.323 e. The molecule has 1 fully saturated rings. The van der Waals surface area contributed by atoms with E-state index in [-0.39, 0.29) is 24.3 Å². The van der Waals surface area contributed by atoms with Crippen LogP contribution in [0.5, 0.6) is 0 Å². The molecule has 6 nitrogen and oxygen atoms in total. The molecular formula is C17H22N2O4. The first-order valence-electron chi connectivity index (χ1n) is 7.84. The van der Waals surface area contributed by atoms with Crippen molar-refractivity contribution in [1.29, 1.82) is 0 Å². The smallest absolute Gasteiger partial charge is 0.323 e. The van der Waals surface area contributed by atoms with Gasteiger partial charge < -0.3 is 15.3 Å². The van der Waals surface area contributed by atoms with E-state index in [1.165, 1.54) is 4.90 Å². The third-order valence-electron chi connectivity index (χ3n) is 3.95. The highest BCUT2D eigenvalue weighted by Crippen LogP contribution is 2.38. The van der Waals surface area contributed by atoms with Crippen molar-refractivity contribution in [2.45, 2.75) is 26.7 Å². The second-order valence-electron chi connectivity index (χ2n) is 6.01. The standard InChI is InChI=1S/C17H22N2O4/c1-3-8-19(10-15(20)21)17(23)12-4-6-13(7-5-12)18-16(22)14-9-11(14)2/h4-7,11,14H,3,8-10H2,1-2H3,(H,18,22)(H,20,21)/t11-,14-/m1/s1. The third kappa shape index (κ3) is 4.55. The number of nitrogens with zero attached hydrogens (tertiary/aromatic N) is 1. The lowest BCUT2D eigenvalue weighted by molar-refractivity contribution is -0.137. The molecule has 1 aliphatic rings. The number of rotatable bonds is 7. The van der Waals surface area contributed by atoms with Crippen LogP contribution in [-0.4, -0.2) is 40.9 Å². The van der Waals surface area contributed by atoms with Crippen molar-refractivity contribution < 1.29 is 19.5 Å². The molecule has 0 aliphatic heterocycles. The molecule has 2 amide bonds. The summed E-state index contributed by atoms with van der Waals surface area (Å²) >= 11 is 0. The zero-order valence-corrected chi connectivity index (χ0v) is 13.4. The molecule has 2 rings (SSSR count). The van der Waals surface area contributed by atoms with Crippen molar-refractivity contribution in [1.82, 2.24) is 4.90 Å². The second kappa shape index (κ2) is 7.26. The van der Waals surface area contributed by atoms with Crippen LogP contribution in [0.3, 0.4) is 0 Å². The summed E-state index contributed by atoms with van der Waals surface area (Å²) in [7, 11) is 0. The van der Waals surface area contributed by atoms with Crippen LogP contribution in [0.1, 0.15) is 37.0 Å². The fourth-order valence-electron chi connectivity index (χ4n) is 2.49. The lowest BCUT2D eigenvalue weighted by Crippen LogP contribution is -2.36. The maximum absolute atomic E-state index is 12.3. The van der Waals surface area contributed by atoms with E-state index < -0.39 is 5.97 Å². The third-order valence-corrected chi connectivity index (χ3v) is 3.95. The molecule has 0 aromatic heterocycles. The molecule has 1 aromatic rings. The van der Waals surface area contributed by atoms with Crippen molar-refractivity contribution in [3.05, 3.63) is 29.8 Å². The van der Waals surface area contributed by atoms with Crippen LogP contribution in [0.25, 0.3) is 0 Å². The Morgan fingerprint density at radius 3 is 2.35 bits per heavy atom. The predicted octanol–water partition coefficient (Wildman–Crippen LogP) is 2.22. The molecule has 1 saturated carbocycles. The number of benzene rings is 1. The van der Waals surface area contributed by atoms with Crippen LogP contribution in [0.15, 0.2) is 24.3 Å². The number of carboxylic acid groups (broad SMARTS) is 1. The van der Waals surface area contributed by atoms with E-state index in [9.17, 15) is 14.4 Å². The van der Waals surface area contributed by atoms with E-state index in [2.05, 4.69) is 5.32 Å². The molecule has 0 heterocycles. The minimum absolute atomic E-state index is 0.00932. The van der Waals surface area contributed by atoms with Crippen LogP contribution >= 0.6 is 0 Å². The van der Waals surface area contributed by atoms with Gasteiger partial charge in [0.05, 0.1) is 0 Å².